The van der Waals surface area contributed by atoms with Crippen LogP contribution in [0.5, 0.6) is 0 Å². The Morgan fingerprint density at radius 3 is 2.08 bits per heavy atom. The lowest BCUT2D eigenvalue weighted by Gasteiger charge is -2.36. The zero-order valence-corrected chi connectivity index (χ0v) is 15.1. The first kappa shape index (κ1) is 17.4. The molecular formula is C20H30N4. The lowest BCUT2D eigenvalue weighted by molar-refractivity contribution is 0.106. The Bertz CT molecular complexity index is 544. The van der Waals surface area contributed by atoms with E-state index in [1.807, 2.05) is 12.1 Å². The molecule has 0 aliphatic carbocycles. The number of benzene rings is 1. The summed E-state index contributed by atoms with van der Waals surface area (Å²) in [5.74, 6) is 0. The van der Waals surface area contributed by atoms with Crippen molar-refractivity contribution < 1.29 is 0 Å². The smallest absolute Gasteiger partial charge is 0.0991 e. The molecule has 1 aromatic rings. The molecular weight excluding hydrogens is 296 g/mol. The first-order valence-electron chi connectivity index (χ1n) is 9.35. The monoisotopic (exact) mass is 326 g/mol. The van der Waals surface area contributed by atoms with Crippen molar-refractivity contribution in [1.82, 2.24) is 14.7 Å². The molecule has 0 saturated carbocycles. The summed E-state index contributed by atoms with van der Waals surface area (Å²) >= 11 is 0. The highest BCUT2D eigenvalue weighted by Crippen LogP contribution is 2.23. The van der Waals surface area contributed by atoms with Crippen LogP contribution in [-0.2, 0) is 6.54 Å². The molecule has 2 saturated heterocycles. The highest BCUT2D eigenvalue weighted by Gasteiger charge is 2.27. The minimum absolute atomic E-state index is 0.744. The van der Waals surface area contributed by atoms with Crippen LogP contribution in [0.3, 0.4) is 0 Å². The number of piperazine rings is 1. The molecule has 4 heteroatoms. The van der Waals surface area contributed by atoms with E-state index in [0.29, 0.717) is 0 Å². The molecule has 0 bridgehead atoms. The van der Waals surface area contributed by atoms with Gasteiger partial charge in [0, 0.05) is 57.9 Å². The van der Waals surface area contributed by atoms with Crippen molar-refractivity contribution in [2.75, 3.05) is 39.3 Å². The lowest BCUT2D eigenvalue weighted by Crippen LogP contribution is -2.48. The Balaban J connectivity index is 1.40. The molecule has 0 unspecified atom stereocenters. The minimum Gasteiger partial charge on any atom is -0.300 e. The molecule has 4 nitrogen and oxygen atoms in total. The van der Waals surface area contributed by atoms with Crippen LogP contribution in [0.2, 0.25) is 0 Å². The maximum atomic E-state index is 8.87. The second kappa shape index (κ2) is 8.11. The summed E-state index contributed by atoms with van der Waals surface area (Å²) in [7, 11) is 0. The van der Waals surface area contributed by atoms with Crippen LogP contribution in [-0.4, -0.2) is 66.1 Å². The van der Waals surface area contributed by atoms with E-state index in [-0.39, 0.29) is 0 Å². The van der Waals surface area contributed by atoms with Crippen molar-refractivity contribution >= 4 is 0 Å². The number of hydrogen-bond acceptors (Lipinski definition) is 4. The topological polar surface area (TPSA) is 33.5 Å². The molecule has 0 aromatic heterocycles. The van der Waals surface area contributed by atoms with Crippen molar-refractivity contribution in [3.8, 4) is 6.07 Å². The average Bonchev–Trinajstić information content (AvgIpc) is 2.93. The van der Waals surface area contributed by atoms with Crippen LogP contribution in [0.15, 0.2) is 24.3 Å². The van der Waals surface area contributed by atoms with Gasteiger partial charge in [-0.25, -0.2) is 0 Å². The quantitative estimate of drug-likeness (QED) is 0.833. The van der Waals surface area contributed by atoms with Crippen LogP contribution in [0.4, 0.5) is 0 Å². The Labute approximate surface area is 146 Å². The molecule has 2 heterocycles. The van der Waals surface area contributed by atoms with Gasteiger partial charge in [0.25, 0.3) is 0 Å². The fourth-order valence-electron chi connectivity index (χ4n) is 4.06. The highest BCUT2D eigenvalue weighted by atomic mass is 15.3. The van der Waals surface area contributed by atoms with E-state index >= 15 is 0 Å². The predicted molar refractivity (Wildman–Crippen MR) is 97.7 cm³/mol. The maximum absolute atomic E-state index is 8.87. The van der Waals surface area contributed by atoms with E-state index in [4.69, 9.17) is 5.26 Å². The van der Waals surface area contributed by atoms with Gasteiger partial charge in [-0.1, -0.05) is 12.1 Å². The Hall–Kier alpha value is -1.41. The first-order chi connectivity index (χ1) is 11.7. The summed E-state index contributed by atoms with van der Waals surface area (Å²) in [6, 6.07) is 11.7. The molecule has 0 N–H and O–H groups in total. The van der Waals surface area contributed by atoms with Crippen LogP contribution >= 0.6 is 0 Å². The zero-order chi connectivity index (χ0) is 16.9. The molecule has 2 aliphatic heterocycles. The van der Waals surface area contributed by atoms with E-state index in [0.717, 1.165) is 37.3 Å². The number of rotatable bonds is 5. The fraction of sp³-hybridized carbons (Fsp3) is 0.650. The van der Waals surface area contributed by atoms with Gasteiger partial charge in [0.05, 0.1) is 11.6 Å². The number of hydrogen-bond donors (Lipinski definition) is 0. The Morgan fingerprint density at radius 2 is 1.50 bits per heavy atom. The molecule has 1 aromatic carbocycles. The van der Waals surface area contributed by atoms with Crippen LogP contribution < -0.4 is 0 Å². The molecule has 2 aliphatic rings. The van der Waals surface area contributed by atoms with Gasteiger partial charge in [0.2, 0.25) is 0 Å². The van der Waals surface area contributed by atoms with Gasteiger partial charge < -0.3 is 0 Å². The number of nitriles is 1. The SMILES string of the molecule is C[C@@H]1CC[C@@H](C)N1CCN1CCN(Cc2ccc(C#N)cc2)CC1. The van der Waals surface area contributed by atoms with Crippen LogP contribution in [0.25, 0.3) is 0 Å². The summed E-state index contributed by atoms with van der Waals surface area (Å²) in [4.78, 5) is 7.83. The third-order valence-corrected chi connectivity index (χ3v) is 5.76. The van der Waals surface area contributed by atoms with E-state index in [1.54, 1.807) is 0 Å². The van der Waals surface area contributed by atoms with Crippen molar-refractivity contribution in [2.24, 2.45) is 0 Å². The lowest BCUT2D eigenvalue weighted by atomic mass is 10.1. The van der Waals surface area contributed by atoms with Gasteiger partial charge in [0.15, 0.2) is 0 Å². The minimum atomic E-state index is 0.744. The largest absolute Gasteiger partial charge is 0.300 e. The van der Waals surface area contributed by atoms with E-state index in [1.165, 1.54) is 44.6 Å². The van der Waals surface area contributed by atoms with E-state index in [9.17, 15) is 0 Å². The van der Waals surface area contributed by atoms with Gasteiger partial charge >= 0.3 is 0 Å². The molecule has 2 atom stereocenters. The Kier molecular flexibility index (Phi) is 5.89. The number of likely N-dealkylation sites (tertiary alicyclic amines) is 1. The predicted octanol–water partition coefficient (Wildman–Crippen LogP) is 2.55. The first-order valence-corrected chi connectivity index (χ1v) is 9.35. The second-order valence-electron chi connectivity index (χ2n) is 7.44. The summed E-state index contributed by atoms with van der Waals surface area (Å²) < 4.78 is 0. The molecule has 0 spiro atoms. The molecule has 24 heavy (non-hydrogen) atoms. The third-order valence-electron chi connectivity index (χ3n) is 5.76. The van der Waals surface area contributed by atoms with Gasteiger partial charge in [-0.3, -0.25) is 14.7 Å². The van der Waals surface area contributed by atoms with Crippen LogP contribution in [0.1, 0.15) is 37.8 Å². The highest BCUT2D eigenvalue weighted by molar-refractivity contribution is 5.31. The van der Waals surface area contributed by atoms with E-state index < -0.39 is 0 Å². The summed E-state index contributed by atoms with van der Waals surface area (Å²) in [5, 5.41) is 8.87. The molecule has 0 radical (unpaired) electrons. The van der Waals surface area contributed by atoms with Crippen molar-refractivity contribution in [3.63, 3.8) is 0 Å². The maximum Gasteiger partial charge on any atom is 0.0991 e. The van der Waals surface area contributed by atoms with Gasteiger partial charge in [-0.2, -0.15) is 5.26 Å². The van der Waals surface area contributed by atoms with E-state index in [2.05, 4.69) is 46.7 Å². The molecule has 130 valence electrons. The standard InChI is InChI=1S/C20H30N4/c1-17-3-4-18(2)24(17)14-13-22-9-11-23(12-10-22)16-20-7-5-19(15-21)6-8-20/h5-8,17-18H,3-4,9-14,16H2,1-2H3/t17-,18-/m1/s1. The molecule has 3 rings (SSSR count). The zero-order valence-electron chi connectivity index (χ0n) is 15.1. The average molecular weight is 326 g/mol. The van der Waals surface area contributed by atoms with Gasteiger partial charge in [0.1, 0.15) is 0 Å². The second-order valence-corrected chi connectivity index (χ2v) is 7.44. The van der Waals surface area contributed by atoms with Crippen molar-refractivity contribution in [2.45, 2.75) is 45.3 Å². The summed E-state index contributed by atoms with van der Waals surface area (Å²) in [6.45, 7) is 12.8. The molecule has 2 fully saturated rings. The molecule has 0 amide bonds. The van der Waals surface area contributed by atoms with Crippen molar-refractivity contribution in [3.05, 3.63) is 35.4 Å². The third kappa shape index (κ3) is 4.36. The summed E-state index contributed by atoms with van der Waals surface area (Å²) in [5.41, 5.74) is 2.05. The fourth-order valence-corrected chi connectivity index (χ4v) is 4.06. The van der Waals surface area contributed by atoms with Gasteiger partial charge in [-0.05, 0) is 44.4 Å². The van der Waals surface area contributed by atoms with Crippen molar-refractivity contribution in [1.29, 1.82) is 5.26 Å². The Morgan fingerprint density at radius 1 is 0.917 bits per heavy atom. The number of nitrogens with zero attached hydrogens (tertiary/aromatic N) is 4. The normalized spacial score (nSPS) is 26.5. The summed E-state index contributed by atoms with van der Waals surface area (Å²) in [6.07, 6.45) is 2.72. The van der Waals surface area contributed by atoms with Gasteiger partial charge in [-0.15, -0.1) is 0 Å². The van der Waals surface area contributed by atoms with Crippen LogP contribution in [0, 0.1) is 11.3 Å².